The van der Waals surface area contributed by atoms with Gasteiger partial charge in [0, 0.05) is 0 Å². The standard InChI is InChI=1S/C16H25NO4/c1-4-11-21-15(19)17-16(9-5-6-10-16)14(18)20-12-7-8-13(2)3/h1,13H,5-12H2,2-3H3,(H,17,19). The van der Waals surface area contributed by atoms with E-state index in [1.807, 2.05) is 0 Å². The smallest absolute Gasteiger partial charge is 0.409 e. The van der Waals surface area contributed by atoms with Crippen LogP contribution < -0.4 is 5.32 Å². The molecule has 0 aliphatic heterocycles. The van der Waals surface area contributed by atoms with E-state index < -0.39 is 11.6 Å². The maximum absolute atomic E-state index is 12.3. The highest BCUT2D eigenvalue weighted by Crippen LogP contribution is 2.31. The second kappa shape index (κ2) is 8.56. The van der Waals surface area contributed by atoms with Crippen molar-refractivity contribution in [2.24, 2.45) is 5.92 Å². The summed E-state index contributed by atoms with van der Waals surface area (Å²) in [6.07, 6.45) is 9.16. The fourth-order valence-corrected chi connectivity index (χ4v) is 2.49. The third-order valence-electron chi connectivity index (χ3n) is 3.63. The predicted octanol–water partition coefficient (Wildman–Crippen LogP) is 2.64. The molecule has 5 heteroatoms. The van der Waals surface area contributed by atoms with Crippen LogP contribution in [0.15, 0.2) is 0 Å². The van der Waals surface area contributed by atoms with E-state index >= 15 is 0 Å². The average molecular weight is 295 g/mol. The van der Waals surface area contributed by atoms with Crippen LogP contribution in [-0.2, 0) is 14.3 Å². The van der Waals surface area contributed by atoms with Crippen LogP contribution in [0.25, 0.3) is 0 Å². The molecule has 5 nitrogen and oxygen atoms in total. The Balaban J connectivity index is 2.49. The van der Waals surface area contributed by atoms with Gasteiger partial charge in [0.2, 0.25) is 0 Å². The van der Waals surface area contributed by atoms with E-state index in [9.17, 15) is 9.59 Å². The molecule has 0 heterocycles. The minimum Gasteiger partial charge on any atom is -0.464 e. The Kier molecular flexibility index (Phi) is 7.07. The average Bonchev–Trinajstić information content (AvgIpc) is 2.90. The van der Waals surface area contributed by atoms with Crippen LogP contribution >= 0.6 is 0 Å². The van der Waals surface area contributed by atoms with Crippen molar-refractivity contribution >= 4 is 12.1 Å². The monoisotopic (exact) mass is 295 g/mol. The number of terminal acetylenes is 1. The summed E-state index contributed by atoms with van der Waals surface area (Å²) < 4.78 is 10.1. The molecule has 1 aliphatic carbocycles. The van der Waals surface area contributed by atoms with Crippen LogP contribution in [0.4, 0.5) is 4.79 Å². The van der Waals surface area contributed by atoms with Gasteiger partial charge in [-0.2, -0.15) is 0 Å². The Morgan fingerprint density at radius 2 is 1.95 bits per heavy atom. The fraction of sp³-hybridized carbons (Fsp3) is 0.750. The SMILES string of the molecule is C#CCOC(=O)NC1(C(=O)OCCCC(C)C)CCCC1. The maximum atomic E-state index is 12.3. The van der Waals surface area contributed by atoms with Crippen LogP contribution in [0.3, 0.4) is 0 Å². The lowest BCUT2D eigenvalue weighted by Gasteiger charge is -2.27. The molecule has 1 amide bonds. The van der Waals surface area contributed by atoms with Crippen molar-refractivity contribution in [1.29, 1.82) is 0 Å². The lowest BCUT2D eigenvalue weighted by atomic mass is 9.98. The molecule has 0 radical (unpaired) electrons. The van der Waals surface area contributed by atoms with Crippen molar-refractivity contribution in [1.82, 2.24) is 5.32 Å². The summed E-state index contributed by atoms with van der Waals surface area (Å²) in [4.78, 5) is 23.9. The summed E-state index contributed by atoms with van der Waals surface area (Å²) in [7, 11) is 0. The molecule has 0 aromatic carbocycles. The topological polar surface area (TPSA) is 64.6 Å². The third kappa shape index (κ3) is 5.66. The van der Waals surface area contributed by atoms with Gasteiger partial charge in [-0.1, -0.05) is 32.6 Å². The van der Waals surface area contributed by atoms with E-state index in [4.69, 9.17) is 15.9 Å². The van der Waals surface area contributed by atoms with Gasteiger partial charge in [0.1, 0.15) is 5.54 Å². The summed E-state index contributed by atoms with van der Waals surface area (Å²) in [5.74, 6) is 2.44. The van der Waals surface area contributed by atoms with E-state index in [2.05, 4.69) is 25.1 Å². The summed E-state index contributed by atoms with van der Waals surface area (Å²) in [5, 5.41) is 2.65. The van der Waals surface area contributed by atoms with Gasteiger partial charge in [-0.15, -0.1) is 6.42 Å². The molecule has 1 fully saturated rings. The van der Waals surface area contributed by atoms with E-state index in [1.165, 1.54) is 0 Å². The number of esters is 1. The largest absolute Gasteiger partial charge is 0.464 e. The second-order valence-corrected chi connectivity index (χ2v) is 5.87. The van der Waals surface area contributed by atoms with Gasteiger partial charge >= 0.3 is 12.1 Å². The van der Waals surface area contributed by atoms with E-state index in [1.54, 1.807) is 0 Å². The third-order valence-corrected chi connectivity index (χ3v) is 3.63. The van der Waals surface area contributed by atoms with E-state index in [0.717, 1.165) is 25.7 Å². The zero-order valence-electron chi connectivity index (χ0n) is 12.9. The Morgan fingerprint density at radius 1 is 1.29 bits per heavy atom. The number of hydrogen-bond acceptors (Lipinski definition) is 4. The number of alkyl carbamates (subject to hydrolysis) is 1. The normalized spacial score (nSPS) is 16.3. The molecular formula is C16H25NO4. The van der Waals surface area contributed by atoms with Crippen LogP contribution in [0.2, 0.25) is 0 Å². The Labute approximate surface area is 126 Å². The van der Waals surface area contributed by atoms with Gasteiger partial charge in [-0.25, -0.2) is 9.59 Å². The van der Waals surface area contributed by atoms with Gasteiger partial charge in [-0.3, -0.25) is 0 Å². The minimum absolute atomic E-state index is 0.106. The fourth-order valence-electron chi connectivity index (χ4n) is 2.49. The van der Waals surface area contributed by atoms with E-state index in [-0.39, 0.29) is 12.6 Å². The molecule has 21 heavy (non-hydrogen) atoms. The minimum atomic E-state index is -0.941. The lowest BCUT2D eigenvalue weighted by molar-refractivity contribution is -0.151. The molecule has 0 unspecified atom stereocenters. The molecule has 0 atom stereocenters. The first-order chi connectivity index (χ1) is 10.00. The van der Waals surface area contributed by atoms with Gasteiger partial charge in [0.15, 0.2) is 6.61 Å². The predicted molar refractivity (Wildman–Crippen MR) is 79.5 cm³/mol. The van der Waals surface area contributed by atoms with Crippen LogP contribution in [0.1, 0.15) is 52.4 Å². The number of hydrogen-bond donors (Lipinski definition) is 1. The van der Waals surface area contributed by atoms with E-state index in [0.29, 0.717) is 25.4 Å². The van der Waals surface area contributed by atoms with Gasteiger partial charge in [-0.05, 0) is 31.6 Å². The Morgan fingerprint density at radius 3 is 2.52 bits per heavy atom. The molecular weight excluding hydrogens is 270 g/mol. The van der Waals surface area contributed by atoms with Gasteiger partial charge < -0.3 is 14.8 Å². The molecule has 1 rings (SSSR count). The van der Waals surface area contributed by atoms with Crippen LogP contribution in [0, 0.1) is 18.3 Å². The van der Waals surface area contributed by atoms with Crippen molar-refractivity contribution in [3.05, 3.63) is 0 Å². The van der Waals surface area contributed by atoms with Crippen molar-refractivity contribution in [3.63, 3.8) is 0 Å². The summed E-state index contributed by atoms with van der Waals surface area (Å²) in [6.45, 7) is 4.54. The van der Waals surface area contributed by atoms with Crippen molar-refractivity contribution in [3.8, 4) is 12.3 Å². The first-order valence-electron chi connectivity index (χ1n) is 7.56. The molecule has 1 aliphatic rings. The Hall–Kier alpha value is -1.70. The van der Waals surface area contributed by atoms with Gasteiger partial charge in [0.25, 0.3) is 0 Å². The number of carbonyl (C=O) groups excluding carboxylic acids is 2. The second-order valence-electron chi connectivity index (χ2n) is 5.87. The first kappa shape index (κ1) is 17.4. The zero-order chi connectivity index (χ0) is 15.7. The molecule has 0 saturated heterocycles. The lowest BCUT2D eigenvalue weighted by Crippen LogP contribution is -2.53. The quantitative estimate of drug-likeness (QED) is 0.445. The van der Waals surface area contributed by atoms with Crippen molar-refractivity contribution < 1.29 is 19.1 Å². The molecule has 1 saturated carbocycles. The number of rotatable bonds is 7. The molecule has 118 valence electrons. The molecule has 0 aromatic rings. The number of ether oxygens (including phenoxy) is 2. The summed E-state index contributed by atoms with van der Waals surface area (Å²) >= 11 is 0. The van der Waals surface area contributed by atoms with Crippen molar-refractivity contribution in [2.45, 2.75) is 57.9 Å². The van der Waals surface area contributed by atoms with Crippen LogP contribution in [0.5, 0.6) is 0 Å². The van der Waals surface area contributed by atoms with Gasteiger partial charge in [0.05, 0.1) is 6.61 Å². The highest BCUT2D eigenvalue weighted by Gasteiger charge is 2.44. The number of carbonyl (C=O) groups is 2. The highest BCUT2D eigenvalue weighted by atomic mass is 16.6. The number of amides is 1. The molecule has 0 aromatic heterocycles. The summed E-state index contributed by atoms with van der Waals surface area (Å²) in [6, 6.07) is 0. The maximum Gasteiger partial charge on any atom is 0.409 e. The highest BCUT2D eigenvalue weighted by molar-refractivity contribution is 5.86. The van der Waals surface area contributed by atoms with Crippen molar-refractivity contribution in [2.75, 3.05) is 13.2 Å². The molecule has 0 spiro atoms. The zero-order valence-corrected chi connectivity index (χ0v) is 12.9. The summed E-state index contributed by atoms with van der Waals surface area (Å²) in [5.41, 5.74) is -0.941. The Bertz CT molecular complexity index is 392. The first-order valence-corrected chi connectivity index (χ1v) is 7.56. The molecule has 1 N–H and O–H groups in total. The molecule has 0 bridgehead atoms. The number of nitrogens with one attached hydrogen (secondary N) is 1. The van der Waals surface area contributed by atoms with Crippen LogP contribution in [-0.4, -0.2) is 30.8 Å².